The lowest BCUT2D eigenvalue weighted by atomic mass is 9.76. The van der Waals surface area contributed by atoms with Crippen LogP contribution in [0.4, 0.5) is 4.79 Å². The van der Waals surface area contributed by atoms with Gasteiger partial charge in [0.1, 0.15) is 0 Å². The Labute approximate surface area is 202 Å². The van der Waals surface area contributed by atoms with Crippen molar-refractivity contribution in [3.63, 3.8) is 0 Å². The molecule has 2 unspecified atom stereocenters. The number of fused-ring (bicyclic) bond motifs is 4. The first-order valence-electron chi connectivity index (χ1n) is 13.0. The fourth-order valence-corrected chi connectivity index (χ4v) is 6.53. The number of aromatic nitrogens is 1. The van der Waals surface area contributed by atoms with Crippen LogP contribution in [0.25, 0.3) is 0 Å². The largest absolute Gasteiger partial charge is 0.345 e. The first-order chi connectivity index (χ1) is 16.5. The number of amides is 4. The summed E-state index contributed by atoms with van der Waals surface area (Å²) in [6.07, 6.45) is 7.86. The third kappa shape index (κ3) is 4.77. The summed E-state index contributed by atoms with van der Waals surface area (Å²) in [6.45, 7) is 4.27. The molecule has 0 radical (unpaired) electrons. The van der Waals surface area contributed by atoms with Crippen molar-refractivity contribution >= 4 is 17.8 Å². The van der Waals surface area contributed by atoms with Crippen molar-refractivity contribution in [1.29, 1.82) is 0 Å². The van der Waals surface area contributed by atoms with Crippen LogP contribution in [0.3, 0.4) is 0 Å². The molecule has 5 heterocycles. The van der Waals surface area contributed by atoms with Gasteiger partial charge in [-0.25, -0.2) is 4.79 Å². The number of rotatable bonds is 4. The van der Waals surface area contributed by atoms with Crippen molar-refractivity contribution in [2.75, 3.05) is 46.3 Å². The third-order valence-electron chi connectivity index (χ3n) is 8.37. The van der Waals surface area contributed by atoms with E-state index in [1.807, 2.05) is 39.9 Å². The lowest BCUT2D eigenvalue weighted by molar-refractivity contribution is -0.144. The molecule has 0 N–H and O–H groups in total. The fourth-order valence-electron chi connectivity index (χ4n) is 6.53. The van der Waals surface area contributed by atoms with Gasteiger partial charge in [0, 0.05) is 83.0 Å². The zero-order chi connectivity index (χ0) is 23.7. The number of carbonyl (C=O) groups is 3. The summed E-state index contributed by atoms with van der Waals surface area (Å²) in [5, 5.41) is 0. The van der Waals surface area contributed by atoms with Crippen molar-refractivity contribution in [3.05, 3.63) is 30.1 Å². The van der Waals surface area contributed by atoms with Crippen LogP contribution < -0.4 is 0 Å². The molecule has 2 bridgehead atoms. The maximum atomic E-state index is 13.3. The van der Waals surface area contributed by atoms with Crippen LogP contribution in [0, 0.1) is 17.8 Å². The Hall–Kier alpha value is -2.64. The molecule has 184 valence electrons. The van der Waals surface area contributed by atoms with Gasteiger partial charge in [-0.05, 0) is 56.1 Å². The summed E-state index contributed by atoms with van der Waals surface area (Å²) >= 11 is 0. The number of pyridine rings is 1. The summed E-state index contributed by atoms with van der Waals surface area (Å²) in [6, 6.07) is 6.30. The molecule has 34 heavy (non-hydrogen) atoms. The number of likely N-dealkylation sites (N-methyl/N-ethyl adjacent to an activating group) is 1. The maximum Gasteiger partial charge on any atom is 0.320 e. The highest BCUT2D eigenvalue weighted by atomic mass is 16.2. The van der Waals surface area contributed by atoms with Crippen LogP contribution in [0.5, 0.6) is 0 Å². The van der Waals surface area contributed by atoms with E-state index >= 15 is 0 Å². The molecule has 0 aliphatic carbocycles. The second-order valence-corrected chi connectivity index (χ2v) is 10.6. The summed E-state index contributed by atoms with van der Waals surface area (Å²) in [7, 11) is 1.87. The molecule has 4 aliphatic rings. The van der Waals surface area contributed by atoms with Gasteiger partial charge in [0.25, 0.3) is 0 Å². The number of hydrogen-bond donors (Lipinski definition) is 0. The van der Waals surface area contributed by atoms with Gasteiger partial charge in [-0.15, -0.1) is 0 Å². The van der Waals surface area contributed by atoms with E-state index in [0.29, 0.717) is 49.8 Å². The minimum atomic E-state index is -0.0136. The molecule has 5 rings (SSSR count). The molecule has 1 aromatic heterocycles. The smallest absolute Gasteiger partial charge is 0.320 e. The monoisotopic (exact) mass is 467 g/mol. The minimum absolute atomic E-state index is 0.0136. The van der Waals surface area contributed by atoms with Crippen molar-refractivity contribution < 1.29 is 14.4 Å². The van der Waals surface area contributed by atoms with Gasteiger partial charge < -0.3 is 19.6 Å². The molecule has 0 saturated carbocycles. The van der Waals surface area contributed by atoms with Gasteiger partial charge in [0.2, 0.25) is 11.8 Å². The number of urea groups is 1. The zero-order valence-electron chi connectivity index (χ0n) is 20.3. The van der Waals surface area contributed by atoms with E-state index in [2.05, 4.69) is 9.88 Å². The predicted octanol–water partition coefficient (Wildman–Crippen LogP) is 2.25. The standard InChI is InChI=1S/C26H37N5O3/c1-28(12-10-22-5-2-3-11-27-22)25(33)20-8-13-29(14-9-20)26(34)30-16-19-15-21(18-30)23-6-4-7-24(32)31(23)17-19/h2-3,5,11,19-21,23H,4,6-10,12-18H2,1H3/t19?,21?,23-/m1/s1. The van der Waals surface area contributed by atoms with Crippen molar-refractivity contribution in [1.82, 2.24) is 24.6 Å². The second kappa shape index (κ2) is 9.92. The molecule has 0 spiro atoms. The fraction of sp³-hybridized carbons (Fsp3) is 0.692. The van der Waals surface area contributed by atoms with Gasteiger partial charge in [-0.3, -0.25) is 14.6 Å². The maximum absolute atomic E-state index is 13.3. The van der Waals surface area contributed by atoms with Crippen LogP contribution in [0.1, 0.15) is 44.2 Å². The Bertz CT molecular complexity index is 901. The quantitative estimate of drug-likeness (QED) is 0.681. The molecule has 1 aromatic rings. The lowest BCUT2D eigenvalue weighted by Gasteiger charge is -2.53. The molecule has 4 aliphatic heterocycles. The van der Waals surface area contributed by atoms with Crippen LogP contribution in [-0.2, 0) is 16.0 Å². The zero-order valence-corrected chi connectivity index (χ0v) is 20.3. The number of hydrogen-bond acceptors (Lipinski definition) is 4. The molecule has 0 aromatic carbocycles. The molecule has 8 heteroatoms. The van der Waals surface area contributed by atoms with Crippen LogP contribution in [0.15, 0.2) is 24.4 Å². The first kappa shape index (κ1) is 23.1. The van der Waals surface area contributed by atoms with Crippen molar-refractivity contribution in [2.24, 2.45) is 17.8 Å². The van der Waals surface area contributed by atoms with Crippen molar-refractivity contribution in [2.45, 2.75) is 51.0 Å². The van der Waals surface area contributed by atoms with E-state index in [1.165, 1.54) is 0 Å². The van der Waals surface area contributed by atoms with E-state index in [1.54, 1.807) is 6.20 Å². The number of piperidine rings is 4. The van der Waals surface area contributed by atoms with Gasteiger partial charge >= 0.3 is 6.03 Å². The molecule has 4 fully saturated rings. The highest BCUT2D eigenvalue weighted by molar-refractivity contribution is 5.80. The van der Waals surface area contributed by atoms with E-state index in [0.717, 1.165) is 63.9 Å². The van der Waals surface area contributed by atoms with Crippen LogP contribution in [-0.4, -0.2) is 94.8 Å². The number of carbonyl (C=O) groups excluding carboxylic acids is 3. The van der Waals surface area contributed by atoms with Gasteiger partial charge in [-0.2, -0.15) is 0 Å². The van der Waals surface area contributed by atoms with Crippen LogP contribution >= 0.6 is 0 Å². The number of nitrogens with zero attached hydrogens (tertiary/aromatic N) is 5. The van der Waals surface area contributed by atoms with Gasteiger partial charge in [-0.1, -0.05) is 6.07 Å². The lowest BCUT2D eigenvalue weighted by Crippen LogP contribution is -2.62. The Morgan fingerprint density at radius 2 is 1.91 bits per heavy atom. The second-order valence-electron chi connectivity index (χ2n) is 10.6. The normalized spacial score (nSPS) is 27.4. The molecular formula is C26H37N5O3. The Morgan fingerprint density at radius 3 is 2.68 bits per heavy atom. The number of likely N-dealkylation sites (tertiary alicyclic amines) is 2. The summed E-state index contributed by atoms with van der Waals surface area (Å²) < 4.78 is 0. The van der Waals surface area contributed by atoms with E-state index in [4.69, 9.17) is 0 Å². The highest BCUT2D eigenvalue weighted by Gasteiger charge is 2.45. The summed E-state index contributed by atoms with van der Waals surface area (Å²) in [4.78, 5) is 50.9. The minimum Gasteiger partial charge on any atom is -0.345 e. The summed E-state index contributed by atoms with van der Waals surface area (Å²) in [5.41, 5.74) is 0.995. The Kier molecular flexibility index (Phi) is 6.75. The highest BCUT2D eigenvalue weighted by Crippen LogP contribution is 2.38. The Balaban J connectivity index is 1.11. The molecule has 8 nitrogen and oxygen atoms in total. The SMILES string of the molecule is CN(CCc1ccccn1)C(=O)C1CCN(C(=O)N2CC3CC(C2)[C@H]2CCCC(=O)N2C3)CC1. The summed E-state index contributed by atoms with van der Waals surface area (Å²) in [5.74, 6) is 1.28. The predicted molar refractivity (Wildman–Crippen MR) is 128 cm³/mol. The van der Waals surface area contributed by atoms with Gasteiger partial charge in [0.15, 0.2) is 0 Å². The van der Waals surface area contributed by atoms with E-state index in [-0.39, 0.29) is 17.9 Å². The molecule has 4 saturated heterocycles. The van der Waals surface area contributed by atoms with Crippen LogP contribution in [0.2, 0.25) is 0 Å². The topological polar surface area (TPSA) is 77.1 Å². The van der Waals surface area contributed by atoms with E-state index < -0.39 is 0 Å². The molecular weight excluding hydrogens is 430 g/mol. The molecule has 3 atom stereocenters. The third-order valence-corrected chi connectivity index (χ3v) is 8.37. The average Bonchev–Trinajstić information content (AvgIpc) is 2.87. The van der Waals surface area contributed by atoms with E-state index in [9.17, 15) is 14.4 Å². The van der Waals surface area contributed by atoms with Crippen molar-refractivity contribution in [3.8, 4) is 0 Å². The first-order valence-corrected chi connectivity index (χ1v) is 13.0. The Morgan fingerprint density at radius 1 is 1.09 bits per heavy atom. The average molecular weight is 468 g/mol. The van der Waals surface area contributed by atoms with Gasteiger partial charge in [0.05, 0.1) is 0 Å². The molecule has 4 amide bonds.